The van der Waals surface area contributed by atoms with Gasteiger partial charge in [-0.25, -0.2) is 4.39 Å². The van der Waals surface area contributed by atoms with Gasteiger partial charge in [0.2, 0.25) is 6.10 Å². The van der Waals surface area contributed by atoms with Gasteiger partial charge < -0.3 is 10.5 Å². The highest BCUT2D eigenvalue weighted by molar-refractivity contribution is 5.22. The summed E-state index contributed by atoms with van der Waals surface area (Å²) in [5.41, 5.74) is 4.91. The number of halogens is 4. The van der Waals surface area contributed by atoms with Crippen molar-refractivity contribution in [2.24, 2.45) is 5.73 Å². The Morgan fingerprint density at radius 2 is 2.00 bits per heavy atom. The third-order valence-electron chi connectivity index (χ3n) is 1.65. The molecule has 2 nitrogen and oxygen atoms in total. The fourth-order valence-electron chi connectivity index (χ4n) is 0.953. The molecule has 0 saturated carbocycles. The lowest BCUT2D eigenvalue weighted by Gasteiger charge is -2.19. The van der Waals surface area contributed by atoms with Gasteiger partial charge in [0.25, 0.3) is 0 Å². The monoisotopic (exact) mass is 223 g/mol. The van der Waals surface area contributed by atoms with Crippen molar-refractivity contribution in [1.82, 2.24) is 0 Å². The molecule has 1 unspecified atom stereocenters. The Balaban J connectivity index is 2.76. The maximum absolute atomic E-state index is 12.6. The summed E-state index contributed by atoms with van der Waals surface area (Å²) in [4.78, 5) is 0. The lowest BCUT2D eigenvalue weighted by Crippen LogP contribution is -2.40. The predicted molar refractivity (Wildman–Crippen MR) is 45.9 cm³/mol. The van der Waals surface area contributed by atoms with Crippen LogP contribution in [0.4, 0.5) is 17.6 Å². The molecule has 0 aliphatic carbocycles. The van der Waals surface area contributed by atoms with Gasteiger partial charge in [0.05, 0.1) is 0 Å². The lowest BCUT2D eigenvalue weighted by atomic mass is 10.3. The van der Waals surface area contributed by atoms with Crippen molar-refractivity contribution in [2.75, 3.05) is 6.54 Å². The van der Waals surface area contributed by atoms with Crippen molar-refractivity contribution in [1.29, 1.82) is 0 Å². The van der Waals surface area contributed by atoms with Crippen LogP contribution in [-0.4, -0.2) is 18.8 Å². The number of hydrogen-bond donors (Lipinski definition) is 1. The number of hydrogen-bond acceptors (Lipinski definition) is 2. The van der Waals surface area contributed by atoms with Crippen LogP contribution in [0, 0.1) is 5.82 Å². The standard InChI is InChI=1S/C9H9F4NO/c10-6-2-1-3-7(4-6)15-8(5-14)9(11,12)13/h1-4,8H,5,14H2. The van der Waals surface area contributed by atoms with Gasteiger partial charge in [0.15, 0.2) is 0 Å². The van der Waals surface area contributed by atoms with Crippen molar-refractivity contribution in [3.8, 4) is 5.75 Å². The van der Waals surface area contributed by atoms with E-state index in [-0.39, 0.29) is 5.75 Å². The van der Waals surface area contributed by atoms with Gasteiger partial charge in [-0.1, -0.05) is 6.07 Å². The summed E-state index contributed by atoms with van der Waals surface area (Å²) in [7, 11) is 0. The molecule has 1 aromatic rings. The fourth-order valence-corrected chi connectivity index (χ4v) is 0.953. The molecule has 0 fully saturated rings. The van der Waals surface area contributed by atoms with Crippen molar-refractivity contribution in [3.05, 3.63) is 30.1 Å². The SMILES string of the molecule is NCC(Oc1cccc(F)c1)C(F)(F)F. The third-order valence-corrected chi connectivity index (χ3v) is 1.65. The average molecular weight is 223 g/mol. The summed E-state index contributed by atoms with van der Waals surface area (Å²) in [6.07, 6.45) is -6.67. The Labute approximate surface area is 83.6 Å². The van der Waals surface area contributed by atoms with Crippen LogP contribution in [0.2, 0.25) is 0 Å². The molecule has 0 saturated heterocycles. The molecular formula is C9H9F4NO. The Kier molecular flexibility index (Phi) is 3.52. The van der Waals surface area contributed by atoms with E-state index in [1.165, 1.54) is 12.1 Å². The smallest absolute Gasteiger partial charge is 0.426 e. The maximum Gasteiger partial charge on any atom is 0.426 e. The molecule has 84 valence electrons. The fraction of sp³-hybridized carbons (Fsp3) is 0.333. The first-order chi connectivity index (χ1) is 6.93. The number of benzene rings is 1. The van der Waals surface area contributed by atoms with Crippen LogP contribution >= 0.6 is 0 Å². The number of rotatable bonds is 3. The van der Waals surface area contributed by atoms with E-state index in [9.17, 15) is 17.6 Å². The molecule has 2 N–H and O–H groups in total. The molecule has 0 aliphatic rings. The van der Waals surface area contributed by atoms with Crippen LogP contribution in [0.15, 0.2) is 24.3 Å². The van der Waals surface area contributed by atoms with E-state index >= 15 is 0 Å². The van der Waals surface area contributed by atoms with Crippen molar-refractivity contribution >= 4 is 0 Å². The molecule has 15 heavy (non-hydrogen) atoms. The van der Waals surface area contributed by atoms with E-state index < -0.39 is 24.6 Å². The predicted octanol–water partition coefficient (Wildman–Crippen LogP) is 2.09. The Morgan fingerprint density at radius 3 is 2.47 bits per heavy atom. The van der Waals surface area contributed by atoms with Crippen LogP contribution in [0.1, 0.15) is 0 Å². The lowest BCUT2D eigenvalue weighted by molar-refractivity contribution is -0.191. The van der Waals surface area contributed by atoms with Crippen molar-refractivity contribution in [3.63, 3.8) is 0 Å². The molecule has 1 rings (SSSR count). The van der Waals surface area contributed by atoms with Crippen LogP contribution < -0.4 is 10.5 Å². The minimum Gasteiger partial charge on any atom is -0.479 e. The molecule has 0 radical (unpaired) electrons. The average Bonchev–Trinajstić information content (AvgIpc) is 2.12. The first kappa shape index (κ1) is 11.8. The topological polar surface area (TPSA) is 35.2 Å². The highest BCUT2D eigenvalue weighted by Gasteiger charge is 2.40. The first-order valence-corrected chi connectivity index (χ1v) is 4.12. The second-order valence-corrected chi connectivity index (χ2v) is 2.84. The van der Waals surface area contributed by atoms with Gasteiger partial charge in [0.1, 0.15) is 11.6 Å². The minimum atomic E-state index is -4.55. The van der Waals surface area contributed by atoms with E-state index in [1.54, 1.807) is 0 Å². The molecule has 0 heterocycles. The van der Waals surface area contributed by atoms with Gasteiger partial charge >= 0.3 is 6.18 Å². The largest absolute Gasteiger partial charge is 0.479 e. The summed E-state index contributed by atoms with van der Waals surface area (Å²) in [6.45, 7) is -0.708. The van der Waals surface area contributed by atoms with Gasteiger partial charge in [-0.05, 0) is 12.1 Å². The van der Waals surface area contributed by atoms with Gasteiger partial charge in [-0.3, -0.25) is 0 Å². The number of ether oxygens (including phenoxy) is 1. The Bertz CT molecular complexity index is 326. The molecule has 1 atom stereocenters. The minimum absolute atomic E-state index is 0.192. The quantitative estimate of drug-likeness (QED) is 0.796. The van der Waals surface area contributed by atoms with E-state index in [2.05, 4.69) is 4.74 Å². The first-order valence-electron chi connectivity index (χ1n) is 4.12. The second kappa shape index (κ2) is 4.48. The summed E-state index contributed by atoms with van der Waals surface area (Å²) in [5.74, 6) is -0.853. The van der Waals surface area contributed by atoms with Crippen LogP contribution in [0.3, 0.4) is 0 Å². The highest BCUT2D eigenvalue weighted by atomic mass is 19.4. The van der Waals surface area contributed by atoms with Crippen molar-refractivity contribution in [2.45, 2.75) is 12.3 Å². The zero-order valence-electron chi connectivity index (χ0n) is 7.59. The highest BCUT2D eigenvalue weighted by Crippen LogP contribution is 2.24. The maximum atomic E-state index is 12.6. The Morgan fingerprint density at radius 1 is 1.33 bits per heavy atom. The molecule has 0 spiro atoms. The van der Waals surface area contributed by atoms with E-state index in [4.69, 9.17) is 5.73 Å². The van der Waals surface area contributed by atoms with Gasteiger partial charge in [-0.2, -0.15) is 13.2 Å². The number of nitrogens with two attached hydrogens (primary N) is 1. The second-order valence-electron chi connectivity index (χ2n) is 2.84. The summed E-state index contributed by atoms with van der Waals surface area (Å²) in [6, 6.07) is 4.47. The molecule has 1 aromatic carbocycles. The van der Waals surface area contributed by atoms with E-state index in [0.29, 0.717) is 0 Å². The molecule has 6 heteroatoms. The van der Waals surface area contributed by atoms with E-state index in [0.717, 1.165) is 12.1 Å². The number of alkyl halides is 3. The molecule has 0 aliphatic heterocycles. The van der Waals surface area contributed by atoms with Gasteiger partial charge in [-0.15, -0.1) is 0 Å². The van der Waals surface area contributed by atoms with E-state index in [1.807, 2.05) is 0 Å². The molecule has 0 bridgehead atoms. The zero-order chi connectivity index (χ0) is 11.5. The zero-order valence-corrected chi connectivity index (χ0v) is 7.59. The summed E-state index contributed by atoms with van der Waals surface area (Å²) >= 11 is 0. The summed E-state index contributed by atoms with van der Waals surface area (Å²) < 4.78 is 53.8. The normalized spacial score (nSPS) is 13.7. The van der Waals surface area contributed by atoms with Crippen LogP contribution in [0.25, 0.3) is 0 Å². The van der Waals surface area contributed by atoms with Gasteiger partial charge in [0, 0.05) is 12.6 Å². The van der Waals surface area contributed by atoms with Crippen molar-refractivity contribution < 1.29 is 22.3 Å². The summed E-state index contributed by atoms with van der Waals surface area (Å²) in [5, 5.41) is 0. The Hall–Kier alpha value is -1.30. The van der Waals surface area contributed by atoms with Crippen LogP contribution in [-0.2, 0) is 0 Å². The third kappa shape index (κ3) is 3.39. The molecule has 0 amide bonds. The van der Waals surface area contributed by atoms with Crippen LogP contribution in [0.5, 0.6) is 5.75 Å². The molecule has 0 aromatic heterocycles. The molecular weight excluding hydrogens is 214 g/mol.